The number of carbonyl (C=O) groups excluding carboxylic acids is 1. The van der Waals surface area contributed by atoms with Crippen molar-refractivity contribution >= 4 is 37.6 Å². The van der Waals surface area contributed by atoms with Crippen molar-refractivity contribution in [2.75, 3.05) is 26.4 Å². The maximum Gasteiger partial charge on any atom is 0.176 e. The molecule has 0 bridgehead atoms. The van der Waals surface area contributed by atoms with Gasteiger partial charge in [-0.15, -0.1) is 0 Å². The molecule has 8 heteroatoms. The Morgan fingerprint density at radius 1 is 0.793 bits per heavy atom. The minimum Gasteiger partial charge on any atom is -0.492 e. The number of rotatable bonds is 0. The lowest BCUT2D eigenvalue weighted by Crippen LogP contribution is -2.21. The first-order chi connectivity index (χ1) is 13.6. The van der Waals surface area contributed by atoms with E-state index in [0.29, 0.717) is 6.42 Å². The highest BCUT2D eigenvalue weighted by Crippen LogP contribution is 2.24. The summed E-state index contributed by atoms with van der Waals surface area (Å²) in [6, 6.07) is 7.49. The molecule has 158 valence electrons. The van der Waals surface area contributed by atoms with Gasteiger partial charge in [0.05, 0.1) is 24.4 Å². The van der Waals surface area contributed by atoms with Crippen LogP contribution >= 0.6 is 31.9 Å². The smallest absolute Gasteiger partial charge is 0.176 e. The van der Waals surface area contributed by atoms with Crippen LogP contribution in [-0.4, -0.2) is 42.2 Å². The molecule has 0 spiro atoms. The third-order valence-electron chi connectivity index (χ3n) is 4.19. The Kier molecular flexibility index (Phi) is 10.0. The first-order valence-electron chi connectivity index (χ1n) is 9.28. The van der Waals surface area contributed by atoms with Crippen LogP contribution in [0.1, 0.15) is 38.1 Å². The van der Waals surface area contributed by atoms with Gasteiger partial charge >= 0.3 is 0 Å². The van der Waals surface area contributed by atoms with Crippen LogP contribution in [0.4, 0.5) is 0 Å². The van der Waals surface area contributed by atoms with Crippen molar-refractivity contribution in [1.29, 1.82) is 0 Å². The van der Waals surface area contributed by atoms with E-state index >= 15 is 0 Å². The minimum atomic E-state index is 0. The molecule has 3 aliphatic heterocycles. The molecule has 0 saturated carbocycles. The normalized spacial score (nSPS) is 16.3. The number of halogens is 2. The highest BCUT2D eigenvalue weighted by Gasteiger charge is 2.17. The second kappa shape index (κ2) is 12.2. The number of aryl methyl sites for hydroxylation is 1. The Hall–Kier alpha value is -1.51. The molecule has 29 heavy (non-hydrogen) atoms. The summed E-state index contributed by atoms with van der Waals surface area (Å²) < 4.78 is 17.1. The number of pyridine rings is 2. The van der Waals surface area contributed by atoms with Gasteiger partial charge in [0.25, 0.3) is 0 Å². The van der Waals surface area contributed by atoms with E-state index in [1.54, 1.807) is 6.07 Å². The number of nitrogens with zero attached hydrogens (tertiary/aromatic N) is 2. The highest BCUT2D eigenvalue weighted by atomic mass is 79.9. The Morgan fingerprint density at radius 2 is 1.41 bits per heavy atom. The van der Waals surface area contributed by atoms with Crippen LogP contribution in [-0.2, 0) is 22.4 Å². The fraction of sp³-hybridized carbons (Fsp3) is 0.476. The van der Waals surface area contributed by atoms with Crippen LogP contribution in [0.2, 0.25) is 0 Å². The van der Waals surface area contributed by atoms with E-state index in [4.69, 9.17) is 14.2 Å². The average molecular weight is 530 g/mol. The predicted octanol–water partition coefficient (Wildman–Crippen LogP) is 4.95. The largest absolute Gasteiger partial charge is 0.492 e. The monoisotopic (exact) mass is 528 g/mol. The molecule has 1 saturated heterocycles. The maximum absolute atomic E-state index is 11.0. The van der Waals surface area contributed by atoms with E-state index < -0.39 is 0 Å². The van der Waals surface area contributed by atoms with E-state index in [1.165, 1.54) is 12.8 Å². The summed E-state index contributed by atoms with van der Waals surface area (Å²) >= 11 is 6.56. The molecule has 5 heterocycles. The first-order valence-corrected chi connectivity index (χ1v) is 10.9. The number of ether oxygens (including phenoxy) is 3. The SMILES string of the molecule is Brc1ccc2c(n1)CCCO2.C.C1CCOC1.O=C1COc2ccc(Br)nc2C1. The quantitative estimate of drug-likeness (QED) is 0.450. The summed E-state index contributed by atoms with van der Waals surface area (Å²) in [5, 5.41) is 0. The molecule has 5 rings (SSSR count). The molecule has 0 unspecified atom stereocenters. The van der Waals surface area contributed by atoms with E-state index in [2.05, 4.69) is 41.8 Å². The topological polar surface area (TPSA) is 70.5 Å². The van der Waals surface area contributed by atoms with Crippen molar-refractivity contribution < 1.29 is 19.0 Å². The lowest BCUT2D eigenvalue weighted by molar-refractivity contribution is -0.121. The van der Waals surface area contributed by atoms with Crippen LogP contribution in [0.5, 0.6) is 11.5 Å². The summed E-state index contributed by atoms with van der Waals surface area (Å²) in [6.45, 7) is 3.01. The zero-order valence-electron chi connectivity index (χ0n) is 15.5. The summed E-state index contributed by atoms with van der Waals surface area (Å²) in [4.78, 5) is 19.4. The first kappa shape index (κ1) is 23.8. The van der Waals surface area contributed by atoms with E-state index in [0.717, 1.165) is 64.8 Å². The molecule has 1 fully saturated rings. The van der Waals surface area contributed by atoms with Crippen molar-refractivity contribution in [2.24, 2.45) is 0 Å². The number of hydrogen-bond acceptors (Lipinski definition) is 6. The molecular weight excluding hydrogens is 504 g/mol. The fourth-order valence-electron chi connectivity index (χ4n) is 2.82. The second-order valence-electron chi connectivity index (χ2n) is 6.43. The number of aromatic nitrogens is 2. The third-order valence-corrected chi connectivity index (χ3v) is 5.08. The van der Waals surface area contributed by atoms with Gasteiger partial charge in [-0.05, 0) is 81.8 Å². The summed E-state index contributed by atoms with van der Waals surface area (Å²) in [5.41, 5.74) is 1.80. The molecule has 6 nitrogen and oxygen atoms in total. The average Bonchev–Trinajstić information content (AvgIpc) is 3.28. The van der Waals surface area contributed by atoms with Gasteiger partial charge in [-0.2, -0.15) is 0 Å². The van der Waals surface area contributed by atoms with E-state index in [-0.39, 0.29) is 19.8 Å². The van der Waals surface area contributed by atoms with Crippen molar-refractivity contribution in [3.8, 4) is 11.5 Å². The summed E-state index contributed by atoms with van der Waals surface area (Å²) in [6.07, 6.45) is 5.06. The molecule has 3 aliphatic rings. The van der Waals surface area contributed by atoms with Gasteiger partial charge in [0.2, 0.25) is 0 Å². The Bertz CT molecular complexity index is 806. The summed E-state index contributed by atoms with van der Waals surface area (Å²) in [5.74, 6) is 1.74. The Balaban J connectivity index is 0.000000164. The second-order valence-corrected chi connectivity index (χ2v) is 8.06. The van der Waals surface area contributed by atoms with Crippen LogP contribution in [0.15, 0.2) is 33.5 Å². The lowest BCUT2D eigenvalue weighted by atomic mass is 10.1. The number of Topliss-reactive ketones (excluding diaryl/α,β-unsaturated/α-hetero) is 1. The van der Waals surface area contributed by atoms with Gasteiger partial charge in [-0.25, -0.2) is 9.97 Å². The van der Waals surface area contributed by atoms with Crippen LogP contribution in [0.25, 0.3) is 0 Å². The fourth-order valence-corrected chi connectivity index (χ4v) is 3.51. The van der Waals surface area contributed by atoms with Crippen LogP contribution in [0, 0.1) is 0 Å². The van der Waals surface area contributed by atoms with E-state index in [9.17, 15) is 4.79 Å². The van der Waals surface area contributed by atoms with Gasteiger partial charge in [-0.3, -0.25) is 4.79 Å². The molecule has 0 radical (unpaired) electrons. The number of carbonyl (C=O) groups is 1. The minimum absolute atomic E-state index is 0. The Labute approximate surface area is 188 Å². The third kappa shape index (κ3) is 7.68. The molecular formula is C21H26Br2N2O4. The Morgan fingerprint density at radius 3 is 2.03 bits per heavy atom. The number of fused-ring (bicyclic) bond motifs is 2. The van der Waals surface area contributed by atoms with Gasteiger partial charge in [0.1, 0.15) is 27.3 Å². The van der Waals surface area contributed by atoms with Crippen molar-refractivity contribution in [3.05, 3.63) is 44.9 Å². The molecule has 2 aromatic heterocycles. The van der Waals surface area contributed by atoms with Gasteiger partial charge < -0.3 is 14.2 Å². The van der Waals surface area contributed by atoms with Gasteiger partial charge in [-0.1, -0.05) is 7.43 Å². The number of ketones is 1. The summed E-state index contributed by atoms with van der Waals surface area (Å²) in [7, 11) is 0. The number of hydrogen-bond donors (Lipinski definition) is 0. The molecule has 0 atom stereocenters. The zero-order chi connectivity index (χ0) is 19.8. The molecule has 0 aromatic carbocycles. The zero-order valence-corrected chi connectivity index (χ0v) is 18.6. The molecule has 2 aromatic rings. The van der Waals surface area contributed by atoms with E-state index in [1.807, 2.05) is 18.2 Å². The van der Waals surface area contributed by atoms with Crippen molar-refractivity contribution in [1.82, 2.24) is 9.97 Å². The molecule has 0 aliphatic carbocycles. The van der Waals surface area contributed by atoms with Crippen LogP contribution in [0.3, 0.4) is 0 Å². The standard InChI is InChI=1S/C8H6BrNO2.C8H8BrNO.C4H8O.CH4/c9-8-2-1-7-6(10-8)3-5(11)4-12-7;9-8-4-3-7-6(10-8)2-1-5-11-7;1-2-4-5-3-1;/h1-2H,3-4H2;3-4H,1-2,5H2;1-4H2;1H4. The van der Waals surface area contributed by atoms with Gasteiger partial charge in [0, 0.05) is 13.2 Å². The predicted molar refractivity (Wildman–Crippen MR) is 119 cm³/mol. The van der Waals surface area contributed by atoms with Gasteiger partial charge in [0.15, 0.2) is 5.78 Å². The lowest BCUT2D eigenvalue weighted by Gasteiger charge is -2.15. The molecule has 0 N–H and O–H groups in total. The molecule has 0 amide bonds. The highest BCUT2D eigenvalue weighted by molar-refractivity contribution is 9.10. The van der Waals surface area contributed by atoms with Crippen LogP contribution < -0.4 is 9.47 Å². The van der Waals surface area contributed by atoms with Crippen molar-refractivity contribution in [2.45, 2.75) is 39.5 Å². The maximum atomic E-state index is 11.0. The van der Waals surface area contributed by atoms with Crippen molar-refractivity contribution in [3.63, 3.8) is 0 Å².